The Morgan fingerprint density at radius 3 is 1.47 bits per heavy atom. The number of benzene rings is 10. The number of fused-ring (bicyclic) bond motifs is 10. The minimum absolute atomic E-state index is 0.867. The molecule has 0 unspecified atom stereocenters. The van der Waals surface area contributed by atoms with E-state index >= 15 is 0 Å². The first kappa shape index (κ1) is 33.3. The van der Waals surface area contributed by atoms with Crippen LogP contribution in [0.2, 0.25) is 0 Å². The molecule has 10 aromatic carbocycles. The Hall–Kier alpha value is -7.88. The normalized spacial score (nSPS) is 11.7. The molecule has 0 N–H and O–H groups in total. The van der Waals surface area contributed by atoms with Gasteiger partial charge in [-0.15, -0.1) is 0 Å². The fourth-order valence-corrected chi connectivity index (χ4v) is 9.11. The first-order valence-electron chi connectivity index (χ1n) is 20.1. The van der Waals surface area contributed by atoms with Gasteiger partial charge in [0.1, 0.15) is 0 Å². The molecular weight excluding hydrogens is 715 g/mol. The number of para-hydroxylation sites is 2. The molecule has 0 bridgehead atoms. The maximum absolute atomic E-state index is 5.25. The molecule has 2 heterocycles. The Labute approximate surface area is 341 Å². The fourth-order valence-electron chi connectivity index (χ4n) is 9.11. The molecule has 0 aliphatic carbocycles. The Morgan fingerprint density at radius 2 is 0.797 bits per heavy atom. The predicted molar refractivity (Wildman–Crippen MR) is 248 cm³/mol. The van der Waals surface area contributed by atoms with Gasteiger partial charge in [0.05, 0.1) is 34.0 Å². The highest BCUT2D eigenvalue weighted by molar-refractivity contribution is 6.23. The van der Waals surface area contributed by atoms with Crippen molar-refractivity contribution in [1.82, 2.24) is 14.5 Å². The number of rotatable bonds is 5. The van der Waals surface area contributed by atoms with Crippen LogP contribution in [0.15, 0.2) is 212 Å². The van der Waals surface area contributed by atoms with E-state index in [0.29, 0.717) is 0 Å². The second kappa shape index (κ2) is 13.4. The Morgan fingerprint density at radius 1 is 0.305 bits per heavy atom. The van der Waals surface area contributed by atoms with Gasteiger partial charge in [0.25, 0.3) is 0 Å². The standard InChI is InChI=1S/C56H35N3/c1-2-16-45(17-3-1)59-53-23-9-8-20-48(53)49-29-28-43(34-54(49)59)37-13-10-12-36(30-37)39-24-26-42-32-40(25-27-41(42)31-39)38-14-11-15-44(33-38)52-35-57-55-50-21-6-4-18-46(50)47-19-5-7-22-51(47)56(55)58-52/h1-35H. The smallest absolute Gasteiger partial charge is 0.0979 e. The largest absolute Gasteiger partial charge is 0.309 e. The van der Waals surface area contributed by atoms with Gasteiger partial charge in [0.15, 0.2) is 0 Å². The lowest BCUT2D eigenvalue weighted by Crippen LogP contribution is -1.93. The molecule has 0 aliphatic rings. The van der Waals surface area contributed by atoms with Crippen molar-refractivity contribution >= 4 is 65.2 Å². The van der Waals surface area contributed by atoms with E-state index in [9.17, 15) is 0 Å². The van der Waals surface area contributed by atoms with Crippen LogP contribution in [0, 0.1) is 0 Å². The molecule has 3 nitrogen and oxygen atoms in total. The summed E-state index contributed by atoms with van der Waals surface area (Å²) >= 11 is 0. The van der Waals surface area contributed by atoms with Crippen LogP contribution in [0.5, 0.6) is 0 Å². The van der Waals surface area contributed by atoms with Gasteiger partial charge in [-0.25, -0.2) is 4.98 Å². The second-order valence-electron chi connectivity index (χ2n) is 15.4. The van der Waals surface area contributed by atoms with Gasteiger partial charge < -0.3 is 4.57 Å². The van der Waals surface area contributed by atoms with Crippen molar-refractivity contribution in [3.63, 3.8) is 0 Å². The van der Waals surface area contributed by atoms with Crippen LogP contribution in [0.1, 0.15) is 0 Å². The number of hydrogen-bond acceptors (Lipinski definition) is 2. The Kier molecular flexibility index (Phi) is 7.54. The average molecular weight is 750 g/mol. The van der Waals surface area contributed by atoms with Crippen molar-refractivity contribution in [2.24, 2.45) is 0 Å². The van der Waals surface area contributed by atoms with Crippen molar-refractivity contribution in [2.45, 2.75) is 0 Å². The van der Waals surface area contributed by atoms with Crippen molar-refractivity contribution < 1.29 is 0 Å². The molecule has 0 atom stereocenters. The summed E-state index contributed by atoms with van der Waals surface area (Å²) in [5.74, 6) is 0. The van der Waals surface area contributed by atoms with Gasteiger partial charge in [-0.1, -0.05) is 158 Å². The number of hydrogen-bond donors (Lipinski definition) is 0. The lowest BCUT2D eigenvalue weighted by Gasteiger charge is -2.11. The van der Waals surface area contributed by atoms with Crippen LogP contribution >= 0.6 is 0 Å². The van der Waals surface area contributed by atoms with Crippen LogP contribution in [-0.4, -0.2) is 14.5 Å². The first-order chi connectivity index (χ1) is 29.2. The van der Waals surface area contributed by atoms with Crippen molar-refractivity contribution in [2.75, 3.05) is 0 Å². The maximum atomic E-state index is 5.25. The second-order valence-corrected chi connectivity index (χ2v) is 15.4. The molecule has 3 heteroatoms. The first-order valence-corrected chi connectivity index (χ1v) is 20.1. The van der Waals surface area contributed by atoms with E-state index < -0.39 is 0 Å². The third kappa shape index (κ3) is 5.51. The summed E-state index contributed by atoms with van der Waals surface area (Å²) in [6, 6.07) is 74.4. The van der Waals surface area contributed by atoms with Crippen LogP contribution in [0.25, 0.3) is 115 Å². The average Bonchev–Trinajstić information content (AvgIpc) is 3.65. The lowest BCUT2D eigenvalue weighted by atomic mass is 9.95. The van der Waals surface area contributed by atoms with E-state index in [-0.39, 0.29) is 0 Å². The SMILES string of the molecule is c1ccc(-n2c3ccccc3c3ccc(-c4cccc(-c5ccc6cc(-c7cccc(-c8cnc9c%10ccccc%10c%10ccccc%10c9n8)c7)ccc6c5)c4)cc32)cc1. The Balaban J connectivity index is 0.876. The predicted octanol–water partition coefficient (Wildman–Crippen LogP) is 14.9. The van der Waals surface area contributed by atoms with Crippen molar-refractivity contribution in [1.29, 1.82) is 0 Å². The fraction of sp³-hybridized carbons (Fsp3) is 0. The van der Waals surface area contributed by atoms with Gasteiger partial charge in [0.2, 0.25) is 0 Å². The molecule has 0 saturated heterocycles. The van der Waals surface area contributed by atoms with E-state index in [2.05, 4.69) is 211 Å². The monoisotopic (exact) mass is 749 g/mol. The zero-order valence-corrected chi connectivity index (χ0v) is 32.0. The van der Waals surface area contributed by atoms with Gasteiger partial charge in [0, 0.05) is 32.8 Å². The molecule has 12 aromatic rings. The van der Waals surface area contributed by atoms with Crippen molar-refractivity contribution in [3.05, 3.63) is 212 Å². The molecular formula is C56H35N3. The molecule has 0 saturated carbocycles. The van der Waals surface area contributed by atoms with Crippen LogP contribution in [0.3, 0.4) is 0 Å². The highest BCUT2D eigenvalue weighted by atomic mass is 15.0. The minimum Gasteiger partial charge on any atom is -0.309 e. The molecule has 0 radical (unpaired) electrons. The van der Waals surface area contributed by atoms with Gasteiger partial charge in [-0.3, -0.25) is 4.98 Å². The third-order valence-corrected chi connectivity index (χ3v) is 12.0. The van der Waals surface area contributed by atoms with E-state index in [1.165, 1.54) is 76.9 Å². The molecule has 12 rings (SSSR count). The zero-order valence-electron chi connectivity index (χ0n) is 32.0. The minimum atomic E-state index is 0.867. The Bertz CT molecular complexity index is 3580. The molecule has 2 aromatic heterocycles. The summed E-state index contributed by atoms with van der Waals surface area (Å²) in [6.45, 7) is 0. The lowest BCUT2D eigenvalue weighted by molar-refractivity contribution is 1.18. The number of nitrogens with zero attached hydrogens (tertiary/aromatic N) is 3. The topological polar surface area (TPSA) is 30.7 Å². The summed E-state index contributed by atoms with van der Waals surface area (Å²) in [4.78, 5) is 10.3. The summed E-state index contributed by atoms with van der Waals surface area (Å²) in [5, 5.41) is 9.59. The summed E-state index contributed by atoms with van der Waals surface area (Å²) < 4.78 is 2.38. The molecule has 274 valence electrons. The molecule has 0 fully saturated rings. The summed E-state index contributed by atoms with van der Waals surface area (Å²) in [7, 11) is 0. The van der Waals surface area contributed by atoms with E-state index in [1.54, 1.807) is 0 Å². The van der Waals surface area contributed by atoms with Crippen LogP contribution in [-0.2, 0) is 0 Å². The van der Waals surface area contributed by atoms with Crippen LogP contribution in [0.4, 0.5) is 0 Å². The third-order valence-electron chi connectivity index (χ3n) is 12.0. The molecule has 0 amide bonds. The molecule has 0 spiro atoms. The molecule has 59 heavy (non-hydrogen) atoms. The highest BCUT2D eigenvalue weighted by Crippen LogP contribution is 2.38. The van der Waals surface area contributed by atoms with Gasteiger partial charge >= 0.3 is 0 Å². The number of aromatic nitrogens is 3. The van der Waals surface area contributed by atoms with Crippen molar-refractivity contribution in [3.8, 4) is 50.3 Å². The highest BCUT2D eigenvalue weighted by Gasteiger charge is 2.15. The van der Waals surface area contributed by atoms with Crippen LogP contribution < -0.4 is 0 Å². The maximum Gasteiger partial charge on any atom is 0.0979 e. The van der Waals surface area contributed by atoms with E-state index in [4.69, 9.17) is 9.97 Å². The van der Waals surface area contributed by atoms with Gasteiger partial charge in [-0.05, 0) is 103 Å². The molecule has 0 aliphatic heterocycles. The summed E-state index contributed by atoms with van der Waals surface area (Å²) in [5.41, 5.74) is 14.5. The van der Waals surface area contributed by atoms with Gasteiger partial charge in [-0.2, -0.15) is 0 Å². The zero-order chi connectivity index (χ0) is 38.9. The quantitative estimate of drug-likeness (QED) is 0.164. The van der Waals surface area contributed by atoms with E-state index in [0.717, 1.165) is 38.6 Å². The summed E-state index contributed by atoms with van der Waals surface area (Å²) in [6.07, 6.45) is 1.92. The van der Waals surface area contributed by atoms with E-state index in [1.807, 2.05) is 6.20 Å².